The number of anilines is 1. The molecule has 3 aromatic rings. The first-order valence-electron chi connectivity index (χ1n) is 7.22. The molecule has 3 rings (SSSR count). The van der Waals surface area contributed by atoms with Crippen LogP contribution in [0.2, 0.25) is 0 Å². The second-order valence-electron chi connectivity index (χ2n) is 4.84. The van der Waals surface area contributed by atoms with Crippen molar-refractivity contribution in [2.45, 2.75) is 24.3 Å². The molecule has 0 bridgehead atoms. The van der Waals surface area contributed by atoms with E-state index in [1.807, 2.05) is 48.7 Å². The Morgan fingerprint density at radius 1 is 1.30 bits per heavy atom. The van der Waals surface area contributed by atoms with Crippen molar-refractivity contribution < 1.29 is 4.79 Å². The van der Waals surface area contributed by atoms with Crippen LogP contribution in [-0.4, -0.2) is 21.1 Å². The second kappa shape index (κ2) is 7.43. The predicted molar refractivity (Wildman–Crippen MR) is 94.0 cm³/mol. The Morgan fingerprint density at radius 2 is 2.13 bits per heavy atom. The van der Waals surface area contributed by atoms with Crippen LogP contribution in [0.4, 0.5) is 5.69 Å². The van der Waals surface area contributed by atoms with E-state index in [-0.39, 0.29) is 5.91 Å². The molecule has 0 atom stereocenters. The van der Waals surface area contributed by atoms with E-state index < -0.39 is 0 Å². The maximum absolute atomic E-state index is 12.0. The summed E-state index contributed by atoms with van der Waals surface area (Å²) < 4.78 is 0. The van der Waals surface area contributed by atoms with E-state index >= 15 is 0 Å². The molecule has 0 radical (unpaired) electrons. The van der Waals surface area contributed by atoms with Crippen LogP contribution in [0.3, 0.4) is 0 Å². The lowest BCUT2D eigenvalue weighted by Gasteiger charge is -2.05. The van der Waals surface area contributed by atoms with Crippen molar-refractivity contribution in [1.82, 2.24) is 15.2 Å². The van der Waals surface area contributed by atoms with E-state index in [1.165, 1.54) is 11.3 Å². The molecular weight excluding hydrogens is 328 g/mol. The minimum Gasteiger partial charge on any atom is -0.321 e. The Balaban J connectivity index is 1.55. The van der Waals surface area contributed by atoms with Gasteiger partial charge in [0.25, 0.3) is 5.91 Å². The van der Waals surface area contributed by atoms with Gasteiger partial charge in [-0.1, -0.05) is 36.9 Å². The number of benzene rings is 1. The lowest BCUT2D eigenvalue weighted by Crippen LogP contribution is -2.09. The number of carbonyl (C=O) groups excluding carboxylic acids is 1. The molecule has 118 valence electrons. The zero-order valence-electron chi connectivity index (χ0n) is 12.6. The van der Waals surface area contributed by atoms with E-state index in [2.05, 4.69) is 20.5 Å². The molecule has 0 unspecified atom stereocenters. The van der Waals surface area contributed by atoms with Gasteiger partial charge in [0.2, 0.25) is 5.16 Å². The molecule has 1 aromatic carbocycles. The van der Waals surface area contributed by atoms with Crippen LogP contribution >= 0.6 is 23.1 Å². The van der Waals surface area contributed by atoms with Crippen molar-refractivity contribution in [1.29, 1.82) is 0 Å². The molecule has 2 aromatic heterocycles. The molecule has 0 spiro atoms. The first-order valence-corrected chi connectivity index (χ1v) is 9.09. The number of nitrogens with zero attached hydrogens (tertiary/aromatic N) is 2. The number of hydrogen-bond donors (Lipinski definition) is 2. The van der Waals surface area contributed by atoms with Crippen LogP contribution in [0.5, 0.6) is 0 Å². The number of aromatic nitrogens is 3. The van der Waals surface area contributed by atoms with Gasteiger partial charge in [-0.3, -0.25) is 9.89 Å². The van der Waals surface area contributed by atoms with Gasteiger partial charge in [-0.2, -0.15) is 0 Å². The minimum absolute atomic E-state index is 0.0741. The van der Waals surface area contributed by atoms with Crippen LogP contribution in [0.1, 0.15) is 28.0 Å². The number of thioether (sulfide) groups is 1. The molecule has 0 saturated heterocycles. The van der Waals surface area contributed by atoms with Gasteiger partial charge in [0.1, 0.15) is 5.82 Å². The maximum Gasteiger partial charge on any atom is 0.265 e. The summed E-state index contributed by atoms with van der Waals surface area (Å²) >= 11 is 3.02. The van der Waals surface area contributed by atoms with E-state index in [0.717, 1.165) is 34.4 Å². The molecule has 23 heavy (non-hydrogen) atoms. The highest BCUT2D eigenvalue weighted by Gasteiger charge is 2.07. The molecular formula is C16H16N4OS2. The summed E-state index contributed by atoms with van der Waals surface area (Å²) in [6, 6.07) is 11.5. The van der Waals surface area contributed by atoms with E-state index in [1.54, 1.807) is 11.8 Å². The van der Waals surface area contributed by atoms with Crippen molar-refractivity contribution in [3.63, 3.8) is 0 Å². The van der Waals surface area contributed by atoms with Gasteiger partial charge in [-0.15, -0.1) is 16.4 Å². The van der Waals surface area contributed by atoms with Crippen LogP contribution in [0.15, 0.2) is 46.9 Å². The van der Waals surface area contributed by atoms with Gasteiger partial charge in [0.15, 0.2) is 0 Å². The first kappa shape index (κ1) is 15.8. The summed E-state index contributed by atoms with van der Waals surface area (Å²) in [6.07, 6.45) is 0.853. The Morgan fingerprint density at radius 3 is 2.78 bits per heavy atom. The zero-order valence-corrected chi connectivity index (χ0v) is 14.2. The largest absolute Gasteiger partial charge is 0.321 e. The number of amides is 1. The Kier molecular flexibility index (Phi) is 5.09. The second-order valence-corrected chi connectivity index (χ2v) is 6.73. The quantitative estimate of drug-likeness (QED) is 0.664. The third-order valence-electron chi connectivity index (χ3n) is 3.17. The standard InChI is InChI=1S/C16H16N4OS2/c1-2-14-18-16(20-19-14)23-10-11-5-7-12(8-6-11)17-15(21)13-4-3-9-22-13/h3-9H,2,10H2,1H3,(H,17,21)(H,18,19,20). The van der Waals surface area contributed by atoms with Gasteiger partial charge >= 0.3 is 0 Å². The van der Waals surface area contributed by atoms with E-state index in [4.69, 9.17) is 0 Å². The summed E-state index contributed by atoms with van der Waals surface area (Å²) in [7, 11) is 0. The number of carbonyl (C=O) groups is 1. The predicted octanol–water partition coefficient (Wildman–Crippen LogP) is 3.97. The summed E-state index contributed by atoms with van der Waals surface area (Å²) in [5.41, 5.74) is 1.95. The molecule has 1 amide bonds. The zero-order chi connectivity index (χ0) is 16.1. The van der Waals surface area contributed by atoms with Crippen LogP contribution in [0, 0.1) is 0 Å². The minimum atomic E-state index is -0.0741. The van der Waals surface area contributed by atoms with Crippen LogP contribution in [-0.2, 0) is 12.2 Å². The molecule has 0 saturated carbocycles. The van der Waals surface area contributed by atoms with E-state index in [0.29, 0.717) is 4.88 Å². The molecule has 0 fully saturated rings. The molecule has 2 N–H and O–H groups in total. The maximum atomic E-state index is 12.0. The smallest absolute Gasteiger partial charge is 0.265 e. The SMILES string of the molecule is CCc1nc(SCc2ccc(NC(=O)c3cccs3)cc2)n[nH]1. The van der Waals surface area contributed by atoms with Crippen molar-refractivity contribution in [3.05, 3.63) is 58.0 Å². The molecule has 2 heterocycles. The number of rotatable bonds is 6. The number of nitrogens with one attached hydrogen (secondary N) is 2. The fraction of sp³-hybridized carbons (Fsp3) is 0.188. The van der Waals surface area contributed by atoms with Crippen LogP contribution in [0.25, 0.3) is 0 Å². The van der Waals surface area contributed by atoms with E-state index in [9.17, 15) is 4.79 Å². The lowest BCUT2D eigenvalue weighted by molar-refractivity contribution is 0.103. The number of thiophene rings is 1. The molecule has 0 aliphatic heterocycles. The highest BCUT2D eigenvalue weighted by Crippen LogP contribution is 2.21. The number of H-pyrrole nitrogens is 1. The Hall–Kier alpha value is -2.12. The third kappa shape index (κ3) is 4.20. The fourth-order valence-electron chi connectivity index (χ4n) is 1.93. The molecule has 0 aliphatic carbocycles. The number of aryl methyl sites for hydroxylation is 1. The fourth-order valence-corrected chi connectivity index (χ4v) is 3.33. The van der Waals surface area contributed by atoms with Crippen molar-refractivity contribution >= 4 is 34.7 Å². The lowest BCUT2D eigenvalue weighted by atomic mass is 10.2. The summed E-state index contributed by atoms with van der Waals surface area (Å²) in [5, 5.41) is 12.6. The first-order chi connectivity index (χ1) is 11.2. The molecule has 0 aliphatic rings. The van der Waals surface area contributed by atoms with Crippen molar-refractivity contribution in [2.24, 2.45) is 0 Å². The monoisotopic (exact) mass is 344 g/mol. The highest BCUT2D eigenvalue weighted by atomic mass is 32.2. The summed E-state index contributed by atoms with van der Waals surface area (Å²) in [4.78, 5) is 17.1. The third-order valence-corrected chi connectivity index (χ3v) is 4.96. The normalized spacial score (nSPS) is 10.7. The van der Waals surface area contributed by atoms with Gasteiger partial charge < -0.3 is 5.32 Å². The average molecular weight is 344 g/mol. The van der Waals surface area contributed by atoms with Gasteiger partial charge in [0, 0.05) is 17.9 Å². The average Bonchev–Trinajstić information content (AvgIpc) is 3.26. The highest BCUT2D eigenvalue weighted by molar-refractivity contribution is 7.98. The Bertz CT molecular complexity index is 766. The van der Waals surface area contributed by atoms with Crippen molar-refractivity contribution in [2.75, 3.05) is 5.32 Å². The van der Waals surface area contributed by atoms with Gasteiger partial charge in [-0.05, 0) is 29.1 Å². The molecule has 5 nitrogen and oxygen atoms in total. The molecule has 7 heteroatoms. The topological polar surface area (TPSA) is 70.7 Å². The van der Waals surface area contributed by atoms with Gasteiger partial charge in [-0.25, -0.2) is 4.98 Å². The summed E-state index contributed by atoms with van der Waals surface area (Å²) in [5.74, 6) is 1.62. The van der Waals surface area contributed by atoms with Crippen molar-refractivity contribution in [3.8, 4) is 0 Å². The Labute approximate surface area is 142 Å². The number of aromatic amines is 1. The number of hydrogen-bond acceptors (Lipinski definition) is 5. The summed E-state index contributed by atoms with van der Waals surface area (Å²) in [6.45, 7) is 2.04. The van der Waals surface area contributed by atoms with Gasteiger partial charge in [0.05, 0.1) is 4.88 Å². The van der Waals surface area contributed by atoms with Crippen LogP contribution < -0.4 is 5.32 Å².